The Bertz CT molecular complexity index is 207. The van der Waals surface area contributed by atoms with Crippen molar-refractivity contribution in [3.05, 3.63) is 11.6 Å². The Morgan fingerprint density at radius 2 is 2.27 bits per heavy atom. The molecule has 1 aliphatic rings. The average Bonchev–Trinajstić information content (AvgIpc) is 2.16. The van der Waals surface area contributed by atoms with E-state index in [9.17, 15) is 0 Å². The van der Waals surface area contributed by atoms with Gasteiger partial charge in [-0.2, -0.15) is 0 Å². The summed E-state index contributed by atoms with van der Waals surface area (Å²) < 4.78 is 0. The van der Waals surface area contributed by atoms with Crippen LogP contribution >= 0.6 is 0 Å². The van der Waals surface area contributed by atoms with Crippen molar-refractivity contribution >= 4 is 0 Å². The van der Waals surface area contributed by atoms with E-state index in [1.165, 1.54) is 32.4 Å². The van der Waals surface area contributed by atoms with Crippen LogP contribution in [0.1, 0.15) is 47.0 Å². The average molecular weight is 209 g/mol. The number of nitrogens with one attached hydrogen (secondary N) is 1. The molecule has 0 aliphatic heterocycles. The highest BCUT2D eigenvalue weighted by molar-refractivity contribution is 5.06. The van der Waals surface area contributed by atoms with E-state index in [0.717, 1.165) is 17.8 Å². The number of hydrogen-bond acceptors (Lipinski definition) is 1. The molecule has 0 aromatic carbocycles. The largest absolute Gasteiger partial charge is 0.316 e. The summed E-state index contributed by atoms with van der Waals surface area (Å²) in [5.41, 5.74) is 1.59. The van der Waals surface area contributed by atoms with Crippen LogP contribution in [0.25, 0.3) is 0 Å². The van der Waals surface area contributed by atoms with Crippen LogP contribution < -0.4 is 5.32 Å². The fourth-order valence-corrected chi connectivity index (χ4v) is 2.52. The maximum Gasteiger partial charge on any atom is -0.00171 e. The standard InChI is InChI=1S/C14H27N/c1-5-11(2)9-15-10-14-7-12(3)6-13(4)8-14/h6,11-12,14-15H,5,7-10H2,1-4H3. The van der Waals surface area contributed by atoms with Gasteiger partial charge in [0, 0.05) is 0 Å². The van der Waals surface area contributed by atoms with Crippen LogP contribution in [-0.2, 0) is 0 Å². The summed E-state index contributed by atoms with van der Waals surface area (Å²) in [7, 11) is 0. The van der Waals surface area contributed by atoms with E-state index in [2.05, 4.69) is 39.1 Å². The van der Waals surface area contributed by atoms with Crippen LogP contribution in [-0.4, -0.2) is 13.1 Å². The highest BCUT2D eigenvalue weighted by Crippen LogP contribution is 2.27. The molecule has 1 nitrogen and oxygen atoms in total. The van der Waals surface area contributed by atoms with E-state index in [0.29, 0.717) is 0 Å². The van der Waals surface area contributed by atoms with Gasteiger partial charge >= 0.3 is 0 Å². The molecule has 0 amide bonds. The van der Waals surface area contributed by atoms with Crippen molar-refractivity contribution in [3.63, 3.8) is 0 Å². The molecule has 0 aromatic rings. The van der Waals surface area contributed by atoms with Crippen molar-refractivity contribution in [3.8, 4) is 0 Å². The Hall–Kier alpha value is -0.300. The maximum absolute atomic E-state index is 3.62. The molecule has 0 radical (unpaired) electrons. The van der Waals surface area contributed by atoms with E-state index in [-0.39, 0.29) is 0 Å². The summed E-state index contributed by atoms with van der Waals surface area (Å²) >= 11 is 0. The van der Waals surface area contributed by atoms with Crippen LogP contribution in [0.4, 0.5) is 0 Å². The van der Waals surface area contributed by atoms with Gasteiger partial charge in [0.2, 0.25) is 0 Å². The van der Waals surface area contributed by atoms with E-state index < -0.39 is 0 Å². The first kappa shape index (κ1) is 12.8. The van der Waals surface area contributed by atoms with Gasteiger partial charge in [0.05, 0.1) is 0 Å². The molecule has 0 spiro atoms. The molecule has 1 heteroatoms. The first-order chi connectivity index (χ1) is 7.11. The maximum atomic E-state index is 3.62. The van der Waals surface area contributed by atoms with Gasteiger partial charge in [-0.05, 0) is 50.6 Å². The second-order valence-corrected chi connectivity index (χ2v) is 5.47. The van der Waals surface area contributed by atoms with E-state index >= 15 is 0 Å². The summed E-state index contributed by atoms with van der Waals surface area (Å²) in [5, 5.41) is 3.62. The SMILES string of the molecule is CCC(C)CNCC1CC(C)=CC(C)C1. The fourth-order valence-electron chi connectivity index (χ4n) is 2.52. The molecule has 1 rings (SSSR count). The van der Waals surface area contributed by atoms with Crippen molar-refractivity contribution in [1.82, 2.24) is 5.32 Å². The van der Waals surface area contributed by atoms with Gasteiger partial charge in [-0.25, -0.2) is 0 Å². The lowest BCUT2D eigenvalue weighted by atomic mass is 9.83. The van der Waals surface area contributed by atoms with Crippen molar-refractivity contribution in [2.24, 2.45) is 17.8 Å². The van der Waals surface area contributed by atoms with Crippen molar-refractivity contribution in [1.29, 1.82) is 0 Å². The Labute approximate surface area is 95.3 Å². The van der Waals surface area contributed by atoms with Gasteiger partial charge in [-0.15, -0.1) is 0 Å². The lowest BCUT2D eigenvalue weighted by Crippen LogP contribution is -2.29. The molecule has 0 fully saturated rings. The Morgan fingerprint density at radius 3 is 2.87 bits per heavy atom. The smallest absolute Gasteiger partial charge is 0.00171 e. The van der Waals surface area contributed by atoms with Crippen molar-refractivity contribution in [2.45, 2.75) is 47.0 Å². The third-order valence-corrected chi connectivity index (χ3v) is 3.51. The lowest BCUT2D eigenvalue weighted by molar-refractivity contribution is 0.367. The van der Waals surface area contributed by atoms with E-state index in [4.69, 9.17) is 0 Å². The molecular formula is C14H27N. The summed E-state index contributed by atoms with van der Waals surface area (Å²) in [5.74, 6) is 2.48. The highest BCUT2D eigenvalue weighted by Gasteiger charge is 2.17. The zero-order valence-corrected chi connectivity index (χ0v) is 10.8. The van der Waals surface area contributed by atoms with Crippen LogP contribution in [0.5, 0.6) is 0 Å². The third kappa shape index (κ3) is 4.83. The van der Waals surface area contributed by atoms with Gasteiger partial charge < -0.3 is 5.32 Å². The van der Waals surface area contributed by atoms with E-state index in [1.54, 1.807) is 5.57 Å². The molecule has 0 saturated carbocycles. The normalized spacial score (nSPS) is 28.7. The van der Waals surface area contributed by atoms with Crippen molar-refractivity contribution < 1.29 is 0 Å². The Kier molecular flexibility index (Phi) is 5.38. The molecule has 15 heavy (non-hydrogen) atoms. The van der Waals surface area contributed by atoms with Crippen LogP contribution in [0.15, 0.2) is 11.6 Å². The minimum Gasteiger partial charge on any atom is -0.316 e. The highest BCUT2D eigenvalue weighted by atomic mass is 14.9. The topological polar surface area (TPSA) is 12.0 Å². The number of rotatable bonds is 5. The molecule has 0 bridgehead atoms. The molecule has 0 aromatic heterocycles. The van der Waals surface area contributed by atoms with E-state index in [1.807, 2.05) is 0 Å². The fraction of sp³-hybridized carbons (Fsp3) is 0.857. The minimum absolute atomic E-state index is 0.786. The molecule has 88 valence electrons. The predicted octanol–water partition coefficient (Wildman–Crippen LogP) is 3.61. The van der Waals surface area contributed by atoms with Gasteiger partial charge in [-0.1, -0.05) is 38.8 Å². The van der Waals surface area contributed by atoms with Crippen molar-refractivity contribution in [2.75, 3.05) is 13.1 Å². The second kappa shape index (κ2) is 6.32. The van der Waals surface area contributed by atoms with Gasteiger partial charge in [0.1, 0.15) is 0 Å². The Balaban J connectivity index is 2.20. The summed E-state index contributed by atoms with van der Waals surface area (Å²) in [6.45, 7) is 11.6. The molecule has 1 N–H and O–H groups in total. The Morgan fingerprint density at radius 1 is 1.53 bits per heavy atom. The third-order valence-electron chi connectivity index (χ3n) is 3.51. The lowest BCUT2D eigenvalue weighted by Gasteiger charge is -2.26. The second-order valence-electron chi connectivity index (χ2n) is 5.47. The van der Waals surface area contributed by atoms with Crippen LogP contribution in [0, 0.1) is 17.8 Å². The summed E-state index contributed by atoms with van der Waals surface area (Å²) in [6.07, 6.45) is 6.39. The summed E-state index contributed by atoms with van der Waals surface area (Å²) in [6, 6.07) is 0. The molecule has 1 aliphatic carbocycles. The first-order valence-corrected chi connectivity index (χ1v) is 6.49. The predicted molar refractivity (Wildman–Crippen MR) is 68.0 cm³/mol. The molecule has 0 saturated heterocycles. The van der Waals surface area contributed by atoms with Gasteiger partial charge in [-0.3, -0.25) is 0 Å². The molecular weight excluding hydrogens is 182 g/mol. The summed E-state index contributed by atoms with van der Waals surface area (Å²) in [4.78, 5) is 0. The minimum atomic E-state index is 0.786. The van der Waals surface area contributed by atoms with Crippen LogP contribution in [0.3, 0.4) is 0 Å². The quantitative estimate of drug-likeness (QED) is 0.682. The number of hydrogen-bond donors (Lipinski definition) is 1. The monoisotopic (exact) mass is 209 g/mol. The molecule has 3 unspecified atom stereocenters. The zero-order valence-electron chi connectivity index (χ0n) is 10.8. The number of allylic oxidation sites excluding steroid dienone is 2. The van der Waals surface area contributed by atoms with Gasteiger partial charge in [0.25, 0.3) is 0 Å². The van der Waals surface area contributed by atoms with Crippen LogP contribution in [0.2, 0.25) is 0 Å². The first-order valence-electron chi connectivity index (χ1n) is 6.49. The molecule has 3 atom stereocenters. The molecule has 0 heterocycles. The van der Waals surface area contributed by atoms with Gasteiger partial charge in [0.15, 0.2) is 0 Å². The zero-order chi connectivity index (χ0) is 11.3.